The molecule has 0 fully saturated rings. The third kappa shape index (κ3) is 3.60. The first-order chi connectivity index (χ1) is 9.81. The largest absolute Gasteiger partial charge is 0.478 e. The lowest BCUT2D eigenvalue weighted by Gasteiger charge is -2.07. The smallest absolute Gasteiger partial charge is 0.335 e. The maximum absolute atomic E-state index is 11.2. The number of benzene rings is 1. The highest BCUT2D eigenvalue weighted by Gasteiger charge is 2.12. The molecule has 1 aromatic carbocycles. The molecule has 0 radical (unpaired) electrons. The summed E-state index contributed by atoms with van der Waals surface area (Å²) in [6.45, 7) is 2.52. The first kappa shape index (κ1) is 15.5. The number of rotatable bonds is 6. The van der Waals surface area contributed by atoms with E-state index in [-0.39, 0.29) is 11.3 Å². The van der Waals surface area contributed by atoms with E-state index in [1.807, 2.05) is 11.5 Å². The van der Waals surface area contributed by atoms with Crippen molar-refractivity contribution in [2.24, 2.45) is 0 Å². The van der Waals surface area contributed by atoms with Crippen LogP contribution >= 0.6 is 0 Å². The molecule has 2 aromatic rings. The number of carboxylic acid groups (broad SMARTS) is 1. The second-order valence-corrected chi connectivity index (χ2v) is 7.29. The zero-order valence-electron chi connectivity index (χ0n) is 12.0. The van der Waals surface area contributed by atoms with Gasteiger partial charge in [-0.1, -0.05) is 6.92 Å². The van der Waals surface area contributed by atoms with Crippen molar-refractivity contribution in [3.05, 3.63) is 29.6 Å². The van der Waals surface area contributed by atoms with Crippen LogP contribution in [0.1, 0.15) is 29.5 Å². The summed E-state index contributed by atoms with van der Waals surface area (Å²) in [7, 11) is -2.98. The lowest BCUT2D eigenvalue weighted by Crippen LogP contribution is -2.09. The molecule has 0 aliphatic rings. The van der Waals surface area contributed by atoms with E-state index in [0.29, 0.717) is 24.9 Å². The minimum absolute atomic E-state index is 0.128. The average molecular weight is 310 g/mol. The summed E-state index contributed by atoms with van der Waals surface area (Å²) in [5.41, 5.74) is 1.67. The van der Waals surface area contributed by atoms with Crippen LogP contribution in [0.5, 0.6) is 0 Å². The molecule has 1 aromatic heterocycles. The molecule has 0 amide bonds. The molecule has 2 rings (SSSR count). The van der Waals surface area contributed by atoms with Crippen molar-refractivity contribution in [1.82, 2.24) is 9.55 Å². The molecule has 0 aliphatic carbocycles. The zero-order valence-corrected chi connectivity index (χ0v) is 12.9. The molecule has 0 saturated heterocycles. The number of imidazole rings is 1. The number of hydrogen-bond donors (Lipinski definition) is 1. The summed E-state index contributed by atoms with van der Waals surface area (Å²) in [6.07, 6.45) is 2.44. The second-order valence-electron chi connectivity index (χ2n) is 5.03. The van der Waals surface area contributed by atoms with Gasteiger partial charge in [0.2, 0.25) is 0 Å². The Balaban J connectivity index is 2.35. The Kier molecular flexibility index (Phi) is 4.32. The molecule has 1 heterocycles. The molecular formula is C14H18N2O4S. The highest BCUT2D eigenvalue weighted by molar-refractivity contribution is 7.90. The topological polar surface area (TPSA) is 89.3 Å². The van der Waals surface area contributed by atoms with Crippen LogP contribution in [0.3, 0.4) is 0 Å². The normalized spacial score (nSPS) is 11.9. The fourth-order valence-electron chi connectivity index (χ4n) is 2.32. The molecule has 6 nitrogen and oxygen atoms in total. The lowest BCUT2D eigenvalue weighted by molar-refractivity contribution is 0.0697. The van der Waals surface area contributed by atoms with Gasteiger partial charge >= 0.3 is 5.97 Å². The van der Waals surface area contributed by atoms with Gasteiger partial charge in [0.25, 0.3) is 0 Å². The van der Waals surface area contributed by atoms with E-state index in [1.165, 1.54) is 6.26 Å². The van der Waals surface area contributed by atoms with Gasteiger partial charge in [-0.15, -0.1) is 0 Å². The van der Waals surface area contributed by atoms with Crippen LogP contribution in [0.4, 0.5) is 0 Å². The fraction of sp³-hybridized carbons (Fsp3) is 0.429. The number of nitrogens with zero attached hydrogens (tertiary/aromatic N) is 2. The van der Waals surface area contributed by atoms with Crippen LogP contribution in [0, 0.1) is 0 Å². The number of carbonyl (C=O) groups is 1. The van der Waals surface area contributed by atoms with Gasteiger partial charge in [0.05, 0.1) is 22.3 Å². The molecule has 0 aliphatic heterocycles. The van der Waals surface area contributed by atoms with E-state index in [1.54, 1.807) is 18.2 Å². The summed E-state index contributed by atoms with van der Waals surface area (Å²) in [5.74, 6) is -0.0223. The van der Waals surface area contributed by atoms with Gasteiger partial charge in [-0.25, -0.2) is 18.2 Å². The maximum Gasteiger partial charge on any atom is 0.335 e. The summed E-state index contributed by atoms with van der Waals surface area (Å²) in [5, 5.41) is 9.01. The molecule has 0 spiro atoms. The summed E-state index contributed by atoms with van der Waals surface area (Å²) < 4.78 is 24.4. The minimum atomic E-state index is -2.98. The van der Waals surface area contributed by atoms with Crippen molar-refractivity contribution in [3.8, 4) is 0 Å². The van der Waals surface area contributed by atoms with Crippen LogP contribution in [0.2, 0.25) is 0 Å². The van der Waals surface area contributed by atoms with Gasteiger partial charge in [0.1, 0.15) is 15.7 Å². The molecule has 1 N–H and O–H groups in total. The number of sulfone groups is 1. The first-order valence-corrected chi connectivity index (χ1v) is 8.78. The molecule has 114 valence electrons. The van der Waals surface area contributed by atoms with Crippen molar-refractivity contribution >= 4 is 26.8 Å². The van der Waals surface area contributed by atoms with E-state index in [0.717, 1.165) is 11.3 Å². The monoisotopic (exact) mass is 310 g/mol. The predicted octanol–water partition coefficient (Wildman–Crippen LogP) is 1.73. The number of aryl methyl sites for hydroxylation is 2. The summed E-state index contributed by atoms with van der Waals surface area (Å²) in [4.78, 5) is 15.4. The molecular weight excluding hydrogens is 292 g/mol. The average Bonchev–Trinajstić information content (AvgIpc) is 2.74. The SMILES string of the molecule is CCc1nc2cc(C(=O)O)ccc2n1CCCS(C)(=O)=O. The van der Waals surface area contributed by atoms with Gasteiger partial charge < -0.3 is 9.67 Å². The van der Waals surface area contributed by atoms with E-state index < -0.39 is 15.8 Å². The standard InChI is InChI=1S/C14H18N2O4S/c1-3-13-15-11-9-10(14(17)18)5-6-12(11)16(13)7-4-8-21(2,19)20/h5-6,9H,3-4,7-8H2,1-2H3,(H,17,18). The highest BCUT2D eigenvalue weighted by atomic mass is 32.2. The number of aromatic carboxylic acids is 1. The van der Waals surface area contributed by atoms with E-state index >= 15 is 0 Å². The minimum Gasteiger partial charge on any atom is -0.478 e. The number of aromatic nitrogens is 2. The van der Waals surface area contributed by atoms with Gasteiger partial charge in [-0.3, -0.25) is 0 Å². The maximum atomic E-state index is 11.2. The Labute approximate surface area is 123 Å². The Bertz CT molecular complexity index is 778. The Hall–Kier alpha value is -1.89. The van der Waals surface area contributed by atoms with Crippen LogP contribution in [0.25, 0.3) is 11.0 Å². The van der Waals surface area contributed by atoms with Crippen molar-refractivity contribution < 1.29 is 18.3 Å². The first-order valence-electron chi connectivity index (χ1n) is 6.72. The van der Waals surface area contributed by atoms with Crippen LogP contribution in [0.15, 0.2) is 18.2 Å². The van der Waals surface area contributed by atoms with Crippen LogP contribution in [-0.4, -0.2) is 41.1 Å². The van der Waals surface area contributed by atoms with Crippen molar-refractivity contribution in [1.29, 1.82) is 0 Å². The molecule has 21 heavy (non-hydrogen) atoms. The second kappa shape index (κ2) is 5.85. The predicted molar refractivity (Wildman–Crippen MR) is 80.4 cm³/mol. The summed E-state index contributed by atoms with van der Waals surface area (Å²) in [6, 6.07) is 4.81. The zero-order chi connectivity index (χ0) is 15.6. The number of hydrogen-bond acceptors (Lipinski definition) is 4. The Morgan fingerprint density at radius 2 is 2.10 bits per heavy atom. The van der Waals surface area contributed by atoms with E-state index in [2.05, 4.69) is 4.98 Å². The Morgan fingerprint density at radius 3 is 2.67 bits per heavy atom. The third-order valence-corrected chi connectivity index (χ3v) is 4.32. The molecule has 0 bridgehead atoms. The Morgan fingerprint density at radius 1 is 1.38 bits per heavy atom. The van der Waals surface area contributed by atoms with Crippen molar-refractivity contribution in [3.63, 3.8) is 0 Å². The van der Waals surface area contributed by atoms with E-state index in [4.69, 9.17) is 5.11 Å². The molecule has 0 unspecified atom stereocenters. The number of carboxylic acids is 1. The van der Waals surface area contributed by atoms with Crippen molar-refractivity contribution in [2.45, 2.75) is 26.3 Å². The highest BCUT2D eigenvalue weighted by Crippen LogP contribution is 2.19. The third-order valence-electron chi connectivity index (χ3n) is 3.29. The van der Waals surface area contributed by atoms with Crippen LogP contribution < -0.4 is 0 Å². The number of fused-ring (bicyclic) bond motifs is 1. The molecule has 7 heteroatoms. The van der Waals surface area contributed by atoms with Gasteiger partial charge in [0, 0.05) is 19.2 Å². The van der Waals surface area contributed by atoms with Gasteiger partial charge in [-0.05, 0) is 24.6 Å². The lowest BCUT2D eigenvalue weighted by atomic mass is 10.2. The fourth-order valence-corrected chi connectivity index (χ4v) is 2.97. The van der Waals surface area contributed by atoms with Crippen LogP contribution in [-0.2, 0) is 22.8 Å². The quantitative estimate of drug-likeness (QED) is 0.877. The van der Waals surface area contributed by atoms with Gasteiger partial charge in [-0.2, -0.15) is 0 Å². The van der Waals surface area contributed by atoms with E-state index in [9.17, 15) is 13.2 Å². The van der Waals surface area contributed by atoms with Gasteiger partial charge in [0.15, 0.2) is 0 Å². The van der Waals surface area contributed by atoms with Crippen molar-refractivity contribution in [2.75, 3.05) is 12.0 Å². The summed E-state index contributed by atoms with van der Waals surface area (Å²) >= 11 is 0. The molecule has 0 saturated carbocycles. The molecule has 0 atom stereocenters.